The average molecular weight is 223 g/mol. The van der Waals surface area contributed by atoms with Crippen molar-refractivity contribution in [1.82, 2.24) is 0 Å². The van der Waals surface area contributed by atoms with Crippen molar-refractivity contribution in [3.05, 3.63) is 6.92 Å². The van der Waals surface area contributed by atoms with Crippen molar-refractivity contribution in [1.29, 1.82) is 1.28 Å². The molecule has 1 nitrogen and oxygen atoms in total. The van der Waals surface area contributed by atoms with Crippen LogP contribution in [-0.4, -0.2) is 7.56 Å². The van der Waals surface area contributed by atoms with Gasteiger partial charge in [0.15, 0.2) is 0 Å². The van der Waals surface area contributed by atoms with E-state index >= 15 is 0 Å². The fourth-order valence-electron chi connectivity index (χ4n) is 0. The van der Waals surface area contributed by atoms with Crippen LogP contribution in [0.4, 0.5) is 0 Å². The van der Waals surface area contributed by atoms with Gasteiger partial charge in [-0.25, -0.2) is 0 Å². The Morgan fingerprint density at radius 1 is 2.00 bits per heavy atom. The second-order valence-corrected chi connectivity index (χ2v) is 0.167. The molecule has 0 aliphatic rings. The van der Waals surface area contributed by atoms with Gasteiger partial charge in [-0.05, 0) is 6.29 Å². The number of hydrogen-bond acceptors (Lipinski definition) is 1. The monoisotopic (exact) mass is 221 g/mol. The van der Waals surface area contributed by atoms with E-state index in [1.807, 2.05) is 0 Å². The molecule has 0 N–H and O–H groups in total. The third-order valence-corrected chi connectivity index (χ3v) is 0. The first-order valence-corrected chi connectivity index (χ1v) is 0.644. The summed E-state index contributed by atoms with van der Waals surface area (Å²) in [6, 6.07) is 0. The predicted molar refractivity (Wildman–Crippen MR) is 22.5 cm³/mol. The molecule has 0 aromatic rings. The molecule has 30 valence electrons. The standard InChI is InChI=1S/C2H3O.Nd.H3P/c1-2-3;;/h2H,1H2;;1H3/q-1;;/i;;1T. The summed E-state index contributed by atoms with van der Waals surface area (Å²) in [5.41, 5.74) is 0. The zero-order valence-corrected chi connectivity index (χ0v) is 7.13. The zero-order chi connectivity index (χ0) is 4.71. The van der Waals surface area contributed by atoms with E-state index in [9.17, 15) is 0 Å². The number of rotatable bonds is 0. The molecule has 3 heteroatoms. The Kier molecular flexibility index (Phi) is 35.4. The van der Waals surface area contributed by atoms with Gasteiger partial charge in [-0.3, -0.25) is 0 Å². The normalized spacial score (nSPS) is 3.80. The summed E-state index contributed by atoms with van der Waals surface area (Å²) < 4.78 is 5.67. The van der Waals surface area contributed by atoms with Crippen molar-refractivity contribution in [2.24, 2.45) is 0 Å². The molecule has 0 saturated carbocycles. The first-order valence-electron chi connectivity index (χ1n) is 1.22. The van der Waals surface area contributed by atoms with Gasteiger partial charge < -0.3 is 11.7 Å². The predicted octanol–water partition coefficient (Wildman–Crippen LogP) is 0.0775. The summed E-state index contributed by atoms with van der Waals surface area (Å²) in [7, 11) is 1.67. The Balaban J connectivity index is -0.0000000275. The first-order chi connectivity index (χ1) is 2.41. The summed E-state index contributed by atoms with van der Waals surface area (Å²) in [6.07, 6.45) is 0.500. The van der Waals surface area contributed by atoms with Crippen LogP contribution in [0.3, 0.4) is 0 Å². The molecular weight excluding hydrogens is 215 g/mol. The largest absolute Gasteiger partial charge is 0.343 e. The van der Waals surface area contributed by atoms with Crippen LogP contribution in [0, 0.1) is 47.8 Å². The van der Waals surface area contributed by atoms with E-state index in [1.165, 1.54) is 0 Å². The Morgan fingerprint density at radius 2 is 2.00 bits per heavy atom. The second-order valence-electron chi connectivity index (χ2n) is 0.167. The minimum absolute atomic E-state index is 0. The Bertz CT molecular complexity index is 21.0. The minimum atomic E-state index is 0. The molecule has 1 unspecified atom stereocenters. The van der Waals surface area contributed by atoms with Crippen LogP contribution < -0.4 is 0 Å². The van der Waals surface area contributed by atoms with Crippen LogP contribution in [-0.2, 0) is 4.79 Å². The van der Waals surface area contributed by atoms with Crippen LogP contribution in [0.1, 0.15) is 0 Å². The molecule has 0 amide bonds. The van der Waals surface area contributed by atoms with Crippen LogP contribution in [0.15, 0.2) is 0 Å². The molecule has 5 heavy (non-hydrogen) atoms. The van der Waals surface area contributed by atoms with Gasteiger partial charge in [-0.1, -0.05) is 0 Å². The molecule has 0 aliphatic carbocycles. The van der Waals surface area contributed by atoms with Gasteiger partial charge in [0.2, 0.25) is 0 Å². The summed E-state index contributed by atoms with van der Waals surface area (Å²) in [4.78, 5) is 8.69. The van der Waals surface area contributed by atoms with E-state index in [0.29, 0.717) is 6.29 Å². The summed E-state index contributed by atoms with van der Waals surface area (Å²) in [6.45, 7) is 2.81. The number of hydrogen-bond donors (Lipinski definition) is 0. The molecule has 1 atom stereocenters. The summed E-state index contributed by atoms with van der Waals surface area (Å²) in [5.74, 6) is 0. The van der Waals surface area contributed by atoms with Gasteiger partial charge in [0, 0.05) is 40.8 Å². The quantitative estimate of drug-likeness (QED) is 0.323. The van der Waals surface area contributed by atoms with Gasteiger partial charge in [-0.15, -0.1) is 0 Å². The van der Waals surface area contributed by atoms with Crippen LogP contribution in [0.5, 0.6) is 0 Å². The summed E-state index contributed by atoms with van der Waals surface area (Å²) >= 11 is 0. The van der Waals surface area contributed by atoms with Gasteiger partial charge >= 0.3 is 0 Å². The minimum Gasteiger partial charge on any atom is -0.343 e. The number of carbonyl (C=O) groups excluding carboxylic acids is 1. The van der Waals surface area contributed by atoms with Crippen molar-refractivity contribution >= 4 is 16.1 Å². The molecule has 0 radical (unpaired) electrons. The third kappa shape index (κ3) is 33.6. The summed E-state index contributed by atoms with van der Waals surface area (Å²) in [5, 5.41) is 0. The maximum absolute atomic E-state index is 8.69. The Morgan fingerprint density at radius 3 is 2.00 bits per heavy atom. The zero-order valence-electron chi connectivity index (χ0n) is 3.77. The molecular formula is C2H6NdOP-. The SMILES string of the molecule is [3H]P.[CH2-]C=O.[Nd]. The maximum Gasteiger partial charge on any atom is 0.0511 e. The van der Waals surface area contributed by atoms with Crippen molar-refractivity contribution < 1.29 is 45.6 Å². The maximum atomic E-state index is 8.69. The Hall–Kier alpha value is 1.32. The van der Waals surface area contributed by atoms with E-state index in [4.69, 9.17) is 6.07 Å². The van der Waals surface area contributed by atoms with Crippen molar-refractivity contribution in [2.75, 3.05) is 0 Å². The van der Waals surface area contributed by atoms with E-state index in [1.54, 1.807) is 9.84 Å². The van der Waals surface area contributed by atoms with Gasteiger partial charge in [0.05, 0.1) is 1.28 Å². The molecule has 0 bridgehead atoms. The third-order valence-electron chi connectivity index (χ3n) is 0. The van der Waals surface area contributed by atoms with Crippen molar-refractivity contribution in [2.45, 2.75) is 0 Å². The van der Waals surface area contributed by atoms with Gasteiger partial charge in [-0.2, -0.15) is 9.84 Å². The molecule has 0 heterocycles. The van der Waals surface area contributed by atoms with E-state index in [0.717, 1.165) is 0 Å². The molecule has 0 spiro atoms. The number of carbonyl (C=O) groups is 1. The fraction of sp³-hybridized carbons (Fsp3) is 0. The van der Waals surface area contributed by atoms with Crippen molar-refractivity contribution in [3.63, 3.8) is 0 Å². The average Bonchev–Trinajstić information content (AvgIpc) is 1.46. The topological polar surface area (TPSA) is 17.1 Å². The van der Waals surface area contributed by atoms with E-state index < -0.39 is 0 Å². The van der Waals surface area contributed by atoms with E-state index in [2.05, 4.69) is 6.92 Å². The van der Waals surface area contributed by atoms with E-state index in [-0.39, 0.29) is 40.8 Å². The Labute approximate surface area is 69.3 Å². The molecule has 0 aromatic carbocycles. The smallest absolute Gasteiger partial charge is 0.0511 e. The van der Waals surface area contributed by atoms with Crippen molar-refractivity contribution in [3.8, 4) is 0 Å². The van der Waals surface area contributed by atoms with Crippen LogP contribution >= 0.6 is 9.84 Å². The molecule has 0 aromatic heterocycles. The van der Waals surface area contributed by atoms with Crippen LogP contribution in [0.25, 0.3) is 0 Å². The second kappa shape index (κ2) is 18.4. The first kappa shape index (κ1) is 9.59. The molecule has 0 fully saturated rings. The molecule has 0 rings (SSSR count). The van der Waals surface area contributed by atoms with Gasteiger partial charge in [0.1, 0.15) is 0 Å². The number of aldehydes is 1. The van der Waals surface area contributed by atoms with Gasteiger partial charge in [0.25, 0.3) is 0 Å². The van der Waals surface area contributed by atoms with Crippen LogP contribution in [0.2, 0.25) is 0 Å². The molecule has 0 saturated heterocycles. The fourth-order valence-corrected chi connectivity index (χ4v) is 0. The molecule has 0 aliphatic heterocycles.